The van der Waals surface area contributed by atoms with Gasteiger partial charge in [-0.05, 0) is 32.9 Å². The predicted molar refractivity (Wildman–Crippen MR) is 90.9 cm³/mol. The molecule has 1 heterocycles. The molecule has 0 saturated carbocycles. The zero-order valence-corrected chi connectivity index (χ0v) is 15.1. The van der Waals surface area contributed by atoms with E-state index >= 15 is 0 Å². The lowest BCUT2D eigenvalue weighted by Gasteiger charge is -2.33. The normalized spacial score (nSPS) is 15.6. The maximum atomic E-state index is 12.0. The van der Waals surface area contributed by atoms with E-state index in [-0.39, 0.29) is 23.5 Å². The average molecular weight is 351 g/mol. The van der Waals surface area contributed by atoms with Crippen molar-refractivity contribution in [3.05, 3.63) is 23.8 Å². The van der Waals surface area contributed by atoms with Gasteiger partial charge in [-0.1, -0.05) is 0 Å². The molecule has 1 aromatic rings. The topological polar surface area (TPSA) is 85.3 Å². The molecule has 2 rings (SSSR count). The van der Waals surface area contributed by atoms with Crippen molar-refractivity contribution in [2.75, 3.05) is 20.2 Å². The Hall–Kier alpha value is -2.44. The van der Waals surface area contributed by atoms with Gasteiger partial charge in [0.1, 0.15) is 28.8 Å². The van der Waals surface area contributed by atoms with Crippen LogP contribution in [0.5, 0.6) is 11.5 Å². The summed E-state index contributed by atoms with van der Waals surface area (Å²) < 4.78 is 15.8. The predicted octanol–water partition coefficient (Wildman–Crippen LogP) is 2.96. The van der Waals surface area contributed by atoms with Crippen LogP contribution >= 0.6 is 0 Å². The molecule has 1 aliphatic heterocycles. The molecule has 25 heavy (non-hydrogen) atoms. The molecule has 1 saturated heterocycles. The summed E-state index contributed by atoms with van der Waals surface area (Å²) in [5.74, 6) is -0.314. The summed E-state index contributed by atoms with van der Waals surface area (Å²) >= 11 is 0. The average Bonchev–Trinajstić information content (AvgIpc) is 2.53. The molecule has 0 bridgehead atoms. The second kappa shape index (κ2) is 7.63. The molecule has 0 radical (unpaired) electrons. The zero-order valence-electron chi connectivity index (χ0n) is 15.1. The van der Waals surface area contributed by atoms with Gasteiger partial charge in [0, 0.05) is 32.0 Å². The Labute approximate surface area is 147 Å². The Morgan fingerprint density at radius 1 is 1.20 bits per heavy atom. The number of carbonyl (C=O) groups excluding carboxylic acids is 2. The number of nitrogens with zero attached hydrogens (tertiary/aromatic N) is 1. The van der Waals surface area contributed by atoms with E-state index in [2.05, 4.69) is 4.74 Å². The number of rotatable bonds is 3. The fraction of sp³-hybridized carbons (Fsp3) is 0.556. The van der Waals surface area contributed by atoms with Gasteiger partial charge in [-0.15, -0.1) is 0 Å². The highest BCUT2D eigenvalue weighted by atomic mass is 16.6. The maximum absolute atomic E-state index is 12.0. The Bertz CT molecular complexity index is 629. The van der Waals surface area contributed by atoms with Crippen molar-refractivity contribution in [3.63, 3.8) is 0 Å². The number of esters is 1. The molecule has 0 atom stereocenters. The van der Waals surface area contributed by atoms with E-state index in [0.29, 0.717) is 31.7 Å². The van der Waals surface area contributed by atoms with Crippen LogP contribution in [0.1, 0.15) is 44.0 Å². The summed E-state index contributed by atoms with van der Waals surface area (Å²) in [4.78, 5) is 25.2. The van der Waals surface area contributed by atoms with Gasteiger partial charge in [0.15, 0.2) is 0 Å². The second-order valence-corrected chi connectivity index (χ2v) is 6.96. The van der Waals surface area contributed by atoms with E-state index in [4.69, 9.17) is 9.47 Å². The van der Waals surface area contributed by atoms with Crippen LogP contribution in [0.2, 0.25) is 0 Å². The van der Waals surface area contributed by atoms with Gasteiger partial charge in [-0.2, -0.15) is 0 Å². The molecule has 138 valence electrons. The Kier molecular flexibility index (Phi) is 5.77. The lowest BCUT2D eigenvalue weighted by Crippen LogP contribution is -2.44. The molecule has 7 nitrogen and oxygen atoms in total. The number of aromatic hydroxyl groups is 1. The molecule has 0 unspecified atom stereocenters. The Morgan fingerprint density at radius 3 is 2.36 bits per heavy atom. The number of methoxy groups -OCH3 is 1. The first kappa shape index (κ1) is 18.9. The van der Waals surface area contributed by atoms with Crippen LogP contribution in [-0.2, 0) is 9.47 Å². The van der Waals surface area contributed by atoms with Gasteiger partial charge in [-0.3, -0.25) is 0 Å². The standard InChI is InChI=1S/C18H25NO6/c1-18(2,3)25-17(22)19-9-7-12(8-10-19)24-13-5-6-14(15(20)11-13)16(21)23-4/h5-6,11-12,20H,7-10H2,1-4H3. The van der Waals surface area contributed by atoms with Gasteiger partial charge >= 0.3 is 12.1 Å². The van der Waals surface area contributed by atoms with Gasteiger partial charge in [0.25, 0.3) is 0 Å². The number of amides is 1. The molecular formula is C18H25NO6. The largest absolute Gasteiger partial charge is 0.507 e. The monoisotopic (exact) mass is 351 g/mol. The molecule has 1 aliphatic rings. The van der Waals surface area contributed by atoms with E-state index in [1.807, 2.05) is 20.8 Å². The second-order valence-electron chi connectivity index (χ2n) is 6.96. The fourth-order valence-corrected chi connectivity index (χ4v) is 2.54. The lowest BCUT2D eigenvalue weighted by molar-refractivity contribution is 0.0126. The number of piperidine rings is 1. The highest BCUT2D eigenvalue weighted by Gasteiger charge is 2.27. The van der Waals surface area contributed by atoms with Crippen LogP contribution in [0.15, 0.2) is 18.2 Å². The van der Waals surface area contributed by atoms with Crippen molar-refractivity contribution >= 4 is 12.1 Å². The summed E-state index contributed by atoms with van der Waals surface area (Å²) in [6, 6.07) is 4.48. The van der Waals surface area contributed by atoms with Crippen molar-refractivity contribution in [1.82, 2.24) is 4.90 Å². The number of hydrogen-bond donors (Lipinski definition) is 1. The van der Waals surface area contributed by atoms with Gasteiger partial charge in [-0.25, -0.2) is 9.59 Å². The van der Waals surface area contributed by atoms with Crippen LogP contribution in [0.25, 0.3) is 0 Å². The first-order valence-electron chi connectivity index (χ1n) is 8.25. The number of phenols is 1. The van der Waals surface area contributed by atoms with E-state index in [1.54, 1.807) is 11.0 Å². The van der Waals surface area contributed by atoms with Gasteiger partial charge < -0.3 is 24.2 Å². The van der Waals surface area contributed by atoms with E-state index < -0.39 is 11.6 Å². The smallest absolute Gasteiger partial charge is 0.410 e. The SMILES string of the molecule is COC(=O)c1ccc(OC2CCN(C(=O)OC(C)(C)C)CC2)cc1O. The summed E-state index contributed by atoms with van der Waals surface area (Å²) in [6.45, 7) is 6.61. The molecule has 7 heteroatoms. The van der Waals surface area contributed by atoms with Gasteiger partial charge in [0.05, 0.1) is 7.11 Å². The van der Waals surface area contributed by atoms with E-state index in [9.17, 15) is 14.7 Å². The minimum absolute atomic E-state index is 0.0675. The molecule has 0 aromatic heterocycles. The Balaban J connectivity index is 1.89. The minimum atomic E-state index is -0.602. The van der Waals surface area contributed by atoms with Crippen molar-refractivity contribution in [1.29, 1.82) is 0 Å². The molecule has 0 spiro atoms. The number of carbonyl (C=O) groups is 2. The molecule has 0 aliphatic carbocycles. The number of benzene rings is 1. The third-order valence-electron chi connectivity index (χ3n) is 3.77. The Morgan fingerprint density at radius 2 is 1.84 bits per heavy atom. The highest BCUT2D eigenvalue weighted by Crippen LogP contribution is 2.27. The lowest BCUT2D eigenvalue weighted by atomic mass is 10.1. The summed E-state index contributed by atoms with van der Waals surface area (Å²) in [6.07, 6.45) is 0.949. The quantitative estimate of drug-likeness (QED) is 0.843. The molecular weight excluding hydrogens is 326 g/mol. The zero-order chi connectivity index (χ0) is 18.6. The number of ether oxygens (including phenoxy) is 3. The van der Waals surface area contributed by atoms with Gasteiger partial charge in [0.2, 0.25) is 0 Å². The highest BCUT2D eigenvalue weighted by molar-refractivity contribution is 5.92. The molecule has 1 fully saturated rings. The van der Waals surface area contributed by atoms with Crippen LogP contribution in [0.3, 0.4) is 0 Å². The number of hydrogen-bond acceptors (Lipinski definition) is 6. The van der Waals surface area contributed by atoms with Crippen molar-refractivity contribution < 1.29 is 28.9 Å². The third-order valence-corrected chi connectivity index (χ3v) is 3.77. The van der Waals surface area contributed by atoms with Crippen molar-refractivity contribution in [2.24, 2.45) is 0 Å². The molecule has 1 N–H and O–H groups in total. The summed E-state index contributed by atoms with van der Waals surface area (Å²) in [5, 5.41) is 9.90. The van der Waals surface area contributed by atoms with Crippen LogP contribution in [0, 0.1) is 0 Å². The molecule has 1 amide bonds. The summed E-state index contributed by atoms with van der Waals surface area (Å²) in [5.41, 5.74) is -0.418. The van der Waals surface area contributed by atoms with E-state index in [0.717, 1.165) is 0 Å². The first-order valence-corrected chi connectivity index (χ1v) is 8.25. The first-order chi connectivity index (χ1) is 11.7. The fourth-order valence-electron chi connectivity index (χ4n) is 2.54. The van der Waals surface area contributed by atoms with Crippen molar-refractivity contribution in [3.8, 4) is 11.5 Å². The molecule has 1 aromatic carbocycles. The number of likely N-dealkylation sites (tertiary alicyclic amines) is 1. The maximum Gasteiger partial charge on any atom is 0.410 e. The third kappa shape index (κ3) is 5.27. The van der Waals surface area contributed by atoms with Crippen molar-refractivity contribution in [2.45, 2.75) is 45.3 Å². The summed E-state index contributed by atoms with van der Waals surface area (Å²) in [7, 11) is 1.25. The minimum Gasteiger partial charge on any atom is -0.507 e. The van der Waals surface area contributed by atoms with Crippen LogP contribution < -0.4 is 4.74 Å². The van der Waals surface area contributed by atoms with Crippen LogP contribution in [-0.4, -0.2) is 54.0 Å². The van der Waals surface area contributed by atoms with Crippen LogP contribution in [0.4, 0.5) is 4.79 Å². The van der Waals surface area contributed by atoms with E-state index in [1.165, 1.54) is 19.2 Å². The number of phenolic OH excluding ortho intramolecular Hbond substituents is 1.